The Hall–Kier alpha value is -1.37. The van der Waals surface area contributed by atoms with Crippen molar-refractivity contribution in [1.29, 1.82) is 0 Å². The number of ether oxygens (including phenoxy) is 2. The van der Waals surface area contributed by atoms with Gasteiger partial charge in [-0.2, -0.15) is 18.2 Å². The number of nitrogen functional groups attached to an aromatic ring is 1. The smallest absolute Gasteiger partial charge is 0.391 e. The van der Waals surface area contributed by atoms with Crippen LogP contribution >= 0.6 is 12.2 Å². The van der Waals surface area contributed by atoms with Crippen LogP contribution in [0, 0.1) is 10.6 Å². The molecule has 0 aliphatic carbocycles. The van der Waals surface area contributed by atoms with Crippen LogP contribution in [-0.4, -0.2) is 45.0 Å². The molecule has 6 nitrogen and oxygen atoms in total. The van der Waals surface area contributed by atoms with Crippen LogP contribution < -0.4 is 5.73 Å². The minimum Gasteiger partial charge on any atom is -0.391 e. The number of epoxide rings is 1. The molecule has 0 amide bonds. The molecule has 2 aliphatic heterocycles. The number of fused-ring (bicyclic) bond motifs is 1. The molecule has 0 radical (unpaired) electrons. The molecule has 3 rings (SSSR count). The third-order valence-electron chi connectivity index (χ3n) is 3.55. The highest BCUT2D eigenvalue weighted by molar-refractivity contribution is 7.71. The summed E-state index contributed by atoms with van der Waals surface area (Å²) < 4.78 is 76.8. The molecular formula is C10H8F5N3O3S. The number of aliphatic hydroxyl groups is 1. The molecule has 12 heteroatoms. The second-order valence-electron chi connectivity index (χ2n) is 4.87. The van der Waals surface area contributed by atoms with Crippen molar-refractivity contribution in [3.63, 3.8) is 0 Å². The predicted octanol–water partition coefficient (Wildman–Crippen LogP) is 1.22. The third kappa shape index (κ3) is 1.81. The number of anilines is 1. The molecule has 2 unspecified atom stereocenters. The largest absolute Gasteiger partial charge is 0.429 e. The van der Waals surface area contributed by atoms with Crippen molar-refractivity contribution in [3.8, 4) is 0 Å². The number of halogens is 5. The number of hydrogen-bond donors (Lipinski definition) is 2. The number of alkyl halides is 4. The van der Waals surface area contributed by atoms with E-state index in [1.165, 1.54) is 0 Å². The van der Waals surface area contributed by atoms with Crippen LogP contribution in [-0.2, 0) is 9.47 Å². The zero-order valence-electron chi connectivity index (χ0n) is 10.5. The summed E-state index contributed by atoms with van der Waals surface area (Å²) in [5.41, 5.74) is 1.11. The molecule has 0 spiro atoms. The van der Waals surface area contributed by atoms with Crippen LogP contribution in [0.4, 0.5) is 27.8 Å². The third-order valence-corrected chi connectivity index (χ3v) is 3.86. The normalized spacial score (nSPS) is 37.2. The van der Waals surface area contributed by atoms with E-state index in [0.717, 1.165) is 0 Å². The number of rotatable bonds is 2. The highest BCUT2D eigenvalue weighted by Crippen LogP contribution is 2.64. The van der Waals surface area contributed by atoms with Gasteiger partial charge < -0.3 is 20.3 Å². The molecule has 0 aromatic carbocycles. The van der Waals surface area contributed by atoms with Gasteiger partial charge in [-0.25, -0.2) is 8.78 Å². The summed E-state index contributed by atoms with van der Waals surface area (Å²) in [6.45, 7) is -1.01. The molecule has 2 fully saturated rings. The Morgan fingerprint density at radius 3 is 2.64 bits per heavy atom. The summed E-state index contributed by atoms with van der Waals surface area (Å²) in [6.07, 6.45) is -9.43. The number of hydrogen-bond acceptors (Lipinski definition) is 6. The van der Waals surface area contributed by atoms with E-state index in [1.54, 1.807) is 0 Å². The topological polar surface area (TPSA) is 85.8 Å². The number of aromatic nitrogens is 2. The Bertz CT molecular complexity index is 697. The van der Waals surface area contributed by atoms with Gasteiger partial charge in [0.1, 0.15) is 6.61 Å². The molecule has 0 bridgehead atoms. The fourth-order valence-electron chi connectivity index (χ4n) is 2.40. The Morgan fingerprint density at radius 2 is 2.09 bits per heavy atom. The van der Waals surface area contributed by atoms with Crippen LogP contribution in [0.5, 0.6) is 0 Å². The van der Waals surface area contributed by atoms with E-state index in [0.29, 0.717) is 10.8 Å². The lowest BCUT2D eigenvalue weighted by atomic mass is 9.98. The van der Waals surface area contributed by atoms with Gasteiger partial charge in [0.15, 0.2) is 24.0 Å². The van der Waals surface area contributed by atoms with Crippen molar-refractivity contribution in [1.82, 2.24) is 9.55 Å². The van der Waals surface area contributed by atoms with Crippen molar-refractivity contribution >= 4 is 18.0 Å². The van der Waals surface area contributed by atoms with Crippen LogP contribution in [0.25, 0.3) is 0 Å². The number of nitrogens with two attached hydrogens (primary N) is 1. The van der Waals surface area contributed by atoms with E-state index >= 15 is 0 Å². The van der Waals surface area contributed by atoms with E-state index in [-0.39, 0.29) is 0 Å². The number of aliphatic hydroxyl groups excluding tert-OH is 1. The molecule has 2 aliphatic rings. The second kappa shape index (κ2) is 4.34. The van der Waals surface area contributed by atoms with Crippen LogP contribution in [0.2, 0.25) is 0 Å². The van der Waals surface area contributed by atoms with Gasteiger partial charge in [-0.15, -0.1) is 0 Å². The highest BCUT2D eigenvalue weighted by Gasteiger charge is 2.86. The molecule has 1 aromatic heterocycles. The fraction of sp³-hybridized carbons (Fsp3) is 0.600. The summed E-state index contributed by atoms with van der Waals surface area (Å²) in [5.74, 6) is -3.98. The van der Waals surface area contributed by atoms with E-state index in [4.69, 9.17) is 15.6 Å². The summed E-state index contributed by atoms with van der Waals surface area (Å²) >= 11 is 4.68. The predicted molar refractivity (Wildman–Crippen MR) is 62.1 cm³/mol. The van der Waals surface area contributed by atoms with E-state index in [2.05, 4.69) is 21.9 Å². The van der Waals surface area contributed by atoms with Gasteiger partial charge >= 0.3 is 6.18 Å². The maximum Gasteiger partial charge on any atom is 0.429 e. The molecule has 4 atom stereocenters. The monoisotopic (exact) mass is 345 g/mol. The van der Waals surface area contributed by atoms with Gasteiger partial charge in [-0.05, 0) is 12.2 Å². The van der Waals surface area contributed by atoms with E-state index < -0.39 is 53.0 Å². The van der Waals surface area contributed by atoms with Crippen LogP contribution in [0.3, 0.4) is 0 Å². The zero-order chi connectivity index (χ0) is 16.5. The molecule has 22 heavy (non-hydrogen) atoms. The molecule has 2 saturated heterocycles. The maximum atomic E-state index is 14.7. The summed E-state index contributed by atoms with van der Waals surface area (Å²) in [4.78, 5) is 3.32. The molecule has 122 valence electrons. The van der Waals surface area contributed by atoms with Gasteiger partial charge in [-0.3, -0.25) is 4.57 Å². The lowest BCUT2D eigenvalue weighted by Crippen LogP contribution is -2.50. The van der Waals surface area contributed by atoms with Crippen molar-refractivity contribution in [2.24, 2.45) is 0 Å². The first-order valence-electron chi connectivity index (χ1n) is 5.83. The quantitative estimate of drug-likeness (QED) is 0.476. The van der Waals surface area contributed by atoms with Gasteiger partial charge in [0, 0.05) is 6.20 Å². The minimum atomic E-state index is -5.41. The lowest BCUT2D eigenvalue weighted by Gasteiger charge is -2.31. The van der Waals surface area contributed by atoms with Gasteiger partial charge in [0.2, 0.25) is 10.6 Å². The first kappa shape index (κ1) is 15.5. The van der Waals surface area contributed by atoms with Crippen molar-refractivity contribution in [3.05, 3.63) is 16.8 Å². The van der Waals surface area contributed by atoms with Gasteiger partial charge in [0.05, 0.1) is 0 Å². The fourth-order valence-corrected chi connectivity index (χ4v) is 2.64. The Labute approximate surface area is 124 Å². The number of nitrogens with zero attached hydrogens (tertiary/aromatic N) is 2. The first-order valence-corrected chi connectivity index (χ1v) is 6.24. The minimum absolute atomic E-state index is 0.363. The molecule has 1 aromatic rings. The molecular weight excluding hydrogens is 337 g/mol. The zero-order valence-corrected chi connectivity index (χ0v) is 11.3. The van der Waals surface area contributed by atoms with Crippen molar-refractivity contribution in [2.75, 3.05) is 12.3 Å². The molecule has 3 heterocycles. The summed E-state index contributed by atoms with van der Waals surface area (Å²) in [5, 5.41) is 9.07. The average molecular weight is 345 g/mol. The average Bonchev–Trinajstić information content (AvgIpc) is 3.08. The summed E-state index contributed by atoms with van der Waals surface area (Å²) in [6, 6.07) is 0. The SMILES string of the molecule is Nc1nc(=S)n([C@@H]2OC3(CO)O[C@@H]3C2(F)C(F)(F)F)cc1F. The van der Waals surface area contributed by atoms with E-state index in [9.17, 15) is 22.0 Å². The Balaban J connectivity index is 2.14. The molecule has 0 saturated carbocycles. The van der Waals surface area contributed by atoms with Crippen LogP contribution in [0.1, 0.15) is 6.23 Å². The van der Waals surface area contributed by atoms with Crippen molar-refractivity contribution in [2.45, 2.75) is 30.0 Å². The standard InChI is InChI=1S/C10H8F5N3O3S/c11-3-1-18(7(22)17-4(3)16)6-9(12,10(13,14)15)5-8(2-19,20-5)21-6/h1,5-6,19H,2H2,(H2,16,17,22)/t5-,6+,8?,9?/m0/s1. The van der Waals surface area contributed by atoms with Gasteiger partial charge in [0.25, 0.3) is 5.67 Å². The Kier molecular flexibility index (Phi) is 3.06. The van der Waals surface area contributed by atoms with Gasteiger partial charge in [-0.1, -0.05) is 0 Å². The maximum absolute atomic E-state index is 14.7. The Morgan fingerprint density at radius 1 is 1.45 bits per heavy atom. The van der Waals surface area contributed by atoms with E-state index in [1.807, 2.05) is 0 Å². The lowest BCUT2D eigenvalue weighted by molar-refractivity contribution is -0.290. The summed E-state index contributed by atoms with van der Waals surface area (Å²) in [7, 11) is 0. The van der Waals surface area contributed by atoms with Crippen molar-refractivity contribution < 1.29 is 36.5 Å². The second-order valence-corrected chi connectivity index (χ2v) is 5.23. The van der Waals surface area contributed by atoms with Crippen LogP contribution in [0.15, 0.2) is 6.20 Å². The highest BCUT2D eigenvalue weighted by atomic mass is 32.1. The molecule has 3 N–H and O–H groups in total. The first-order chi connectivity index (χ1) is 10.1.